The van der Waals surface area contributed by atoms with Crippen molar-refractivity contribution >= 4 is 0 Å². The van der Waals surface area contributed by atoms with Gasteiger partial charge in [0.25, 0.3) is 0 Å². The van der Waals surface area contributed by atoms with Crippen molar-refractivity contribution in [3.05, 3.63) is 53.3 Å². The van der Waals surface area contributed by atoms with Gasteiger partial charge in [0.1, 0.15) is 11.6 Å². The lowest BCUT2D eigenvalue weighted by atomic mass is 9.81. The highest BCUT2D eigenvalue weighted by Gasteiger charge is 2.21. The molecule has 0 fully saturated rings. The molecule has 0 saturated heterocycles. The van der Waals surface area contributed by atoms with Crippen molar-refractivity contribution in [2.75, 3.05) is 7.11 Å². The molecule has 0 aliphatic rings. The van der Waals surface area contributed by atoms with Crippen LogP contribution in [0.1, 0.15) is 31.9 Å². The van der Waals surface area contributed by atoms with Crippen molar-refractivity contribution in [3.63, 3.8) is 0 Å². The van der Waals surface area contributed by atoms with E-state index in [1.165, 1.54) is 6.07 Å². The molecule has 0 amide bonds. The fourth-order valence-corrected chi connectivity index (χ4v) is 2.38. The van der Waals surface area contributed by atoms with Crippen LogP contribution in [-0.4, -0.2) is 12.2 Å². The van der Waals surface area contributed by atoms with Crippen LogP contribution in [0.2, 0.25) is 0 Å². The van der Waals surface area contributed by atoms with E-state index in [9.17, 15) is 9.50 Å². The molecule has 0 unspecified atom stereocenters. The third kappa shape index (κ3) is 3.24. The maximum atomic E-state index is 14.2. The van der Waals surface area contributed by atoms with E-state index >= 15 is 0 Å². The number of aliphatic hydroxyl groups is 1. The van der Waals surface area contributed by atoms with E-state index in [-0.39, 0.29) is 17.8 Å². The minimum atomic E-state index is -0.280. The number of rotatable bonds is 3. The largest absolute Gasteiger partial charge is 0.497 e. The lowest BCUT2D eigenvalue weighted by molar-refractivity contribution is 0.281. The predicted octanol–water partition coefficient (Wildman–Crippen LogP) is 4.29. The number of benzene rings is 2. The van der Waals surface area contributed by atoms with Crippen LogP contribution in [-0.2, 0) is 12.0 Å². The summed E-state index contributed by atoms with van der Waals surface area (Å²) in [4.78, 5) is 0. The molecule has 2 rings (SSSR count). The summed E-state index contributed by atoms with van der Waals surface area (Å²) in [6, 6.07) is 10.4. The lowest BCUT2D eigenvalue weighted by Gasteiger charge is -2.24. The maximum Gasteiger partial charge on any atom is 0.131 e. The summed E-state index contributed by atoms with van der Waals surface area (Å²) in [6.45, 7) is 6.20. The quantitative estimate of drug-likeness (QED) is 0.913. The zero-order valence-electron chi connectivity index (χ0n) is 12.9. The first-order chi connectivity index (χ1) is 9.86. The van der Waals surface area contributed by atoms with E-state index in [4.69, 9.17) is 4.74 Å². The molecule has 1 N–H and O–H groups in total. The van der Waals surface area contributed by atoms with E-state index < -0.39 is 0 Å². The Morgan fingerprint density at radius 3 is 2.33 bits per heavy atom. The van der Waals surface area contributed by atoms with Gasteiger partial charge in [-0.05, 0) is 40.3 Å². The van der Waals surface area contributed by atoms with Gasteiger partial charge in [-0.25, -0.2) is 4.39 Å². The van der Waals surface area contributed by atoms with Gasteiger partial charge in [-0.15, -0.1) is 0 Å². The van der Waals surface area contributed by atoms with Crippen molar-refractivity contribution in [3.8, 4) is 16.9 Å². The van der Waals surface area contributed by atoms with Crippen molar-refractivity contribution < 1.29 is 14.2 Å². The molecular formula is C18H21FO2. The van der Waals surface area contributed by atoms with Gasteiger partial charge in [-0.1, -0.05) is 39.0 Å². The molecule has 0 saturated carbocycles. The topological polar surface area (TPSA) is 29.5 Å². The number of ether oxygens (including phenoxy) is 1. The first-order valence-electron chi connectivity index (χ1n) is 6.95. The van der Waals surface area contributed by atoms with Crippen molar-refractivity contribution in [2.24, 2.45) is 0 Å². The third-order valence-electron chi connectivity index (χ3n) is 3.54. The number of aliphatic hydroxyl groups excluding tert-OH is 1. The van der Waals surface area contributed by atoms with Gasteiger partial charge in [0.15, 0.2) is 0 Å². The van der Waals surface area contributed by atoms with E-state index in [0.29, 0.717) is 11.3 Å². The molecule has 2 aromatic rings. The highest BCUT2D eigenvalue weighted by atomic mass is 19.1. The van der Waals surface area contributed by atoms with E-state index in [2.05, 4.69) is 20.8 Å². The minimum Gasteiger partial charge on any atom is -0.497 e. The zero-order valence-corrected chi connectivity index (χ0v) is 12.9. The Balaban J connectivity index is 2.68. The van der Waals surface area contributed by atoms with Gasteiger partial charge in [-0.2, -0.15) is 0 Å². The van der Waals surface area contributed by atoms with Crippen molar-refractivity contribution in [1.82, 2.24) is 0 Å². The Kier molecular flexibility index (Phi) is 4.33. The second-order valence-corrected chi connectivity index (χ2v) is 6.13. The molecule has 0 aromatic heterocycles. The second kappa shape index (κ2) is 5.86. The Bertz CT molecular complexity index is 642. The maximum absolute atomic E-state index is 14.2. The smallest absolute Gasteiger partial charge is 0.131 e. The normalized spacial score (nSPS) is 11.5. The third-order valence-corrected chi connectivity index (χ3v) is 3.54. The molecule has 0 bridgehead atoms. The average molecular weight is 288 g/mol. The van der Waals surface area contributed by atoms with Gasteiger partial charge in [0.05, 0.1) is 13.7 Å². The Hall–Kier alpha value is -1.87. The van der Waals surface area contributed by atoms with Crippen LogP contribution in [0.5, 0.6) is 5.75 Å². The molecule has 3 heteroatoms. The molecule has 0 spiro atoms. The number of halogens is 1. The Labute approximate surface area is 125 Å². The van der Waals surface area contributed by atoms with Gasteiger partial charge in [-0.3, -0.25) is 0 Å². The van der Waals surface area contributed by atoms with Crippen LogP contribution in [0, 0.1) is 5.82 Å². The second-order valence-electron chi connectivity index (χ2n) is 6.13. The van der Waals surface area contributed by atoms with Crippen LogP contribution < -0.4 is 4.74 Å². The van der Waals surface area contributed by atoms with Crippen LogP contribution in [0.4, 0.5) is 4.39 Å². The molecule has 0 aliphatic carbocycles. The van der Waals surface area contributed by atoms with E-state index in [1.807, 2.05) is 18.2 Å². The SMILES string of the molecule is COc1ccc(F)c(-c2ccc(CO)cc2C(C)(C)C)c1. The molecular weight excluding hydrogens is 267 g/mol. The summed E-state index contributed by atoms with van der Waals surface area (Å²) in [5, 5.41) is 9.33. The highest BCUT2D eigenvalue weighted by Crippen LogP contribution is 2.36. The molecule has 0 radical (unpaired) electrons. The zero-order chi connectivity index (χ0) is 15.6. The fourth-order valence-electron chi connectivity index (χ4n) is 2.38. The predicted molar refractivity (Wildman–Crippen MR) is 83.0 cm³/mol. The fraction of sp³-hybridized carbons (Fsp3) is 0.333. The first-order valence-corrected chi connectivity index (χ1v) is 6.95. The number of hydrogen-bond donors (Lipinski definition) is 1. The summed E-state index contributed by atoms with van der Waals surface area (Å²) >= 11 is 0. The minimum absolute atomic E-state index is 0.0239. The summed E-state index contributed by atoms with van der Waals surface area (Å²) in [5.74, 6) is 0.343. The van der Waals surface area contributed by atoms with Gasteiger partial charge in [0, 0.05) is 5.56 Å². The molecule has 0 atom stereocenters. The number of hydrogen-bond acceptors (Lipinski definition) is 2. The summed E-state index contributed by atoms with van der Waals surface area (Å²) in [5.41, 5.74) is 3.02. The van der Waals surface area contributed by atoms with Crippen LogP contribution in [0.25, 0.3) is 11.1 Å². The van der Waals surface area contributed by atoms with Crippen LogP contribution >= 0.6 is 0 Å². The molecule has 0 aliphatic heterocycles. The first kappa shape index (κ1) is 15.5. The summed E-state index contributed by atoms with van der Waals surface area (Å²) < 4.78 is 19.4. The highest BCUT2D eigenvalue weighted by molar-refractivity contribution is 5.71. The molecule has 0 heterocycles. The Morgan fingerprint density at radius 2 is 1.76 bits per heavy atom. The van der Waals surface area contributed by atoms with Crippen molar-refractivity contribution in [1.29, 1.82) is 0 Å². The van der Waals surface area contributed by atoms with Crippen LogP contribution in [0.15, 0.2) is 36.4 Å². The Morgan fingerprint density at radius 1 is 1.05 bits per heavy atom. The molecule has 112 valence electrons. The molecule has 21 heavy (non-hydrogen) atoms. The summed E-state index contributed by atoms with van der Waals surface area (Å²) in [7, 11) is 1.57. The van der Waals surface area contributed by atoms with Crippen molar-refractivity contribution in [2.45, 2.75) is 32.8 Å². The standard InChI is InChI=1S/C18H21FO2/c1-18(2,3)16-9-12(11-20)5-7-14(16)15-10-13(21-4)6-8-17(15)19/h5-10,20H,11H2,1-4H3. The monoisotopic (exact) mass is 288 g/mol. The average Bonchev–Trinajstić information content (AvgIpc) is 2.46. The molecule has 2 nitrogen and oxygen atoms in total. The van der Waals surface area contributed by atoms with Gasteiger partial charge in [0.2, 0.25) is 0 Å². The van der Waals surface area contributed by atoms with Gasteiger partial charge < -0.3 is 9.84 Å². The molecule has 2 aromatic carbocycles. The van der Waals surface area contributed by atoms with Gasteiger partial charge >= 0.3 is 0 Å². The van der Waals surface area contributed by atoms with Crippen LogP contribution in [0.3, 0.4) is 0 Å². The lowest BCUT2D eigenvalue weighted by Crippen LogP contribution is -2.13. The van der Waals surface area contributed by atoms with E-state index in [0.717, 1.165) is 16.7 Å². The number of methoxy groups -OCH3 is 1. The van der Waals surface area contributed by atoms with E-state index in [1.54, 1.807) is 19.2 Å². The summed E-state index contributed by atoms with van der Waals surface area (Å²) in [6.07, 6.45) is 0.